The van der Waals surface area contributed by atoms with Crippen molar-refractivity contribution in [3.63, 3.8) is 0 Å². The van der Waals surface area contributed by atoms with Gasteiger partial charge in [-0.2, -0.15) is 0 Å². The van der Waals surface area contributed by atoms with Gasteiger partial charge in [0.15, 0.2) is 0 Å². The van der Waals surface area contributed by atoms with Crippen LogP contribution in [0.5, 0.6) is 0 Å². The molecule has 1 aliphatic heterocycles. The topological polar surface area (TPSA) is 49.4 Å². The van der Waals surface area contributed by atoms with Crippen LogP contribution in [0.4, 0.5) is 5.69 Å². The molecular weight excluding hydrogens is 400 g/mol. The summed E-state index contributed by atoms with van der Waals surface area (Å²) < 4.78 is 0.545. The van der Waals surface area contributed by atoms with Gasteiger partial charge in [0.25, 0.3) is 5.91 Å². The van der Waals surface area contributed by atoms with Crippen LogP contribution in [0.2, 0.25) is 0 Å². The SMILES string of the molecule is Cc1ccc(C=C2SC(=S)N(CCCC(=O)Nc3cccc(C)c3C)C2=O)cc1. The second-order valence-corrected chi connectivity index (χ2v) is 8.82. The number of nitrogens with zero attached hydrogens (tertiary/aromatic N) is 1. The second-order valence-electron chi connectivity index (χ2n) is 7.14. The van der Waals surface area contributed by atoms with E-state index in [4.69, 9.17) is 12.2 Å². The molecule has 0 aliphatic carbocycles. The highest BCUT2D eigenvalue weighted by atomic mass is 32.2. The van der Waals surface area contributed by atoms with Crippen LogP contribution in [-0.2, 0) is 9.59 Å². The van der Waals surface area contributed by atoms with E-state index in [1.165, 1.54) is 17.3 Å². The molecule has 4 nitrogen and oxygen atoms in total. The van der Waals surface area contributed by atoms with Crippen molar-refractivity contribution in [3.05, 3.63) is 69.6 Å². The fourth-order valence-corrected chi connectivity index (χ4v) is 4.31. The summed E-state index contributed by atoms with van der Waals surface area (Å²) in [5, 5.41) is 2.95. The molecule has 1 heterocycles. The fourth-order valence-electron chi connectivity index (χ4n) is 3.00. The van der Waals surface area contributed by atoms with E-state index in [9.17, 15) is 9.59 Å². The van der Waals surface area contributed by atoms with E-state index in [1.54, 1.807) is 4.90 Å². The molecule has 1 saturated heterocycles. The van der Waals surface area contributed by atoms with E-state index < -0.39 is 0 Å². The fraction of sp³-hybridized carbons (Fsp3) is 0.261. The Kier molecular flexibility index (Phi) is 6.87. The van der Waals surface area contributed by atoms with Gasteiger partial charge < -0.3 is 5.32 Å². The Morgan fingerprint density at radius 2 is 1.86 bits per heavy atom. The Labute approximate surface area is 181 Å². The third-order valence-corrected chi connectivity index (χ3v) is 6.29. The summed E-state index contributed by atoms with van der Waals surface area (Å²) in [6.45, 7) is 6.48. The maximum atomic E-state index is 12.7. The van der Waals surface area contributed by atoms with Crippen molar-refractivity contribution in [1.29, 1.82) is 0 Å². The summed E-state index contributed by atoms with van der Waals surface area (Å²) in [7, 11) is 0. The number of amides is 2. The number of hydrogen-bond donors (Lipinski definition) is 1. The minimum atomic E-state index is -0.0875. The Bertz CT molecular complexity index is 981. The van der Waals surface area contributed by atoms with Gasteiger partial charge in [0.1, 0.15) is 4.32 Å². The Hall–Kier alpha value is -2.44. The molecule has 6 heteroatoms. The lowest BCUT2D eigenvalue weighted by Gasteiger charge is -2.14. The van der Waals surface area contributed by atoms with E-state index in [0.717, 1.165) is 22.4 Å². The Balaban J connectivity index is 1.54. The number of benzene rings is 2. The number of nitrogens with one attached hydrogen (secondary N) is 1. The van der Waals surface area contributed by atoms with Crippen molar-refractivity contribution in [2.45, 2.75) is 33.6 Å². The van der Waals surface area contributed by atoms with Crippen LogP contribution >= 0.6 is 24.0 Å². The van der Waals surface area contributed by atoms with Crippen molar-refractivity contribution in [3.8, 4) is 0 Å². The van der Waals surface area contributed by atoms with Gasteiger partial charge >= 0.3 is 0 Å². The molecule has 0 spiro atoms. The molecule has 2 amide bonds. The molecule has 1 fully saturated rings. The van der Waals surface area contributed by atoms with Crippen molar-refractivity contribution in [2.24, 2.45) is 0 Å². The molecule has 2 aromatic rings. The van der Waals surface area contributed by atoms with Crippen molar-refractivity contribution < 1.29 is 9.59 Å². The van der Waals surface area contributed by atoms with Gasteiger partial charge in [0.2, 0.25) is 5.91 Å². The first-order chi connectivity index (χ1) is 13.8. The maximum Gasteiger partial charge on any atom is 0.266 e. The summed E-state index contributed by atoms with van der Waals surface area (Å²) in [4.78, 5) is 27.2. The lowest BCUT2D eigenvalue weighted by molar-refractivity contribution is -0.122. The Morgan fingerprint density at radius 3 is 2.59 bits per heavy atom. The largest absolute Gasteiger partial charge is 0.326 e. The van der Waals surface area contributed by atoms with Gasteiger partial charge in [0, 0.05) is 18.7 Å². The molecule has 0 unspecified atom stereocenters. The van der Waals surface area contributed by atoms with Crippen LogP contribution in [0.25, 0.3) is 6.08 Å². The number of aryl methyl sites for hydroxylation is 2. The smallest absolute Gasteiger partial charge is 0.266 e. The summed E-state index contributed by atoms with van der Waals surface area (Å²) in [5.74, 6) is -0.144. The van der Waals surface area contributed by atoms with E-state index in [0.29, 0.717) is 28.6 Å². The summed E-state index contributed by atoms with van der Waals surface area (Å²) in [5.41, 5.74) is 5.19. The van der Waals surface area contributed by atoms with Crippen molar-refractivity contribution in [1.82, 2.24) is 4.90 Å². The highest BCUT2D eigenvalue weighted by Gasteiger charge is 2.31. The lowest BCUT2D eigenvalue weighted by atomic mass is 10.1. The van der Waals surface area contributed by atoms with Crippen LogP contribution in [0, 0.1) is 20.8 Å². The average Bonchev–Trinajstić information content (AvgIpc) is 2.94. The molecule has 2 aromatic carbocycles. The standard InChI is InChI=1S/C23H24N2O2S2/c1-15-9-11-18(12-10-15)14-20-22(27)25(23(28)29-20)13-5-8-21(26)24-19-7-4-6-16(2)17(19)3/h4,6-7,9-12,14H,5,8,13H2,1-3H3,(H,24,26). The first-order valence-corrected chi connectivity index (χ1v) is 10.8. The van der Waals surface area contributed by atoms with Crippen LogP contribution < -0.4 is 5.32 Å². The van der Waals surface area contributed by atoms with Crippen molar-refractivity contribution in [2.75, 3.05) is 11.9 Å². The van der Waals surface area contributed by atoms with Gasteiger partial charge in [-0.3, -0.25) is 14.5 Å². The van der Waals surface area contributed by atoms with Crippen LogP contribution in [0.3, 0.4) is 0 Å². The number of anilines is 1. The maximum absolute atomic E-state index is 12.7. The minimum Gasteiger partial charge on any atom is -0.326 e. The highest BCUT2D eigenvalue weighted by Crippen LogP contribution is 2.32. The molecule has 1 N–H and O–H groups in total. The van der Waals surface area contributed by atoms with Gasteiger partial charge in [-0.05, 0) is 56.0 Å². The quantitative estimate of drug-likeness (QED) is 0.509. The van der Waals surface area contributed by atoms with Gasteiger partial charge in [0.05, 0.1) is 4.91 Å². The van der Waals surface area contributed by atoms with Gasteiger partial charge in [-0.25, -0.2) is 0 Å². The summed E-state index contributed by atoms with van der Waals surface area (Å²) in [6, 6.07) is 13.8. The first kappa shape index (κ1) is 21.3. The minimum absolute atomic E-state index is 0.0562. The lowest BCUT2D eigenvalue weighted by Crippen LogP contribution is -2.29. The average molecular weight is 425 g/mol. The molecule has 0 aromatic heterocycles. The van der Waals surface area contributed by atoms with E-state index >= 15 is 0 Å². The van der Waals surface area contributed by atoms with Crippen LogP contribution in [0.15, 0.2) is 47.4 Å². The molecule has 0 bridgehead atoms. The zero-order valence-electron chi connectivity index (χ0n) is 16.8. The van der Waals surface area contributed by atoms with Crippen molar-refractivity contribution >= 4 is 51.9 Å². The van der Waals surface area contributed by atoms with Gasteiger partial charge in [-0.15, -0.1) is 0 Å². The number of thiocarbonyl (C=S) groups is 1. The van der Waals surface area contributed by atoms with E-state index in [2.05, 4.69) is 5.32 Å². The van der Waals surface area contributed by atoms with Crippen LogP contribution in [-0.4, -0.2) is 27.6 Å². The second kappa shape index (κ2) is 9.37. The number of hydrogen-bond acceptors (Lipinski definition) is 4. The molecule has 1 aliphatic rings. The normalized spacial score (nSPS) is 15.3. The molecule has 150 valence electrons. The number of thioether (sulfide) groups is 1. The Morgan fingerprint density at radius 1 is 1.14 bits per heavy atom. The third-order valence-electron chi connectivity index (χ3n) is 4.91. The molecule has 0 atom stereocenters. The highest BCUT2D eigenvalue weighted by molar-refractivity contribution is 8.26. The molecule has 3 rings (SSSR count). The molecule has 0 radical (unpaired) electrons. The predicted octanol–water partition coefficient (Wildman–Crippen LogP) is 5.23. The van der Waals surface area contributed by atoms with E-state index in [-0.39, 0.29) is 11.8 Å². The molecule has 29 heavy (non-hydrogen) atoms. The van der Waals surface area contributed by atoms with E-state index in [1.807, 2.05) is 69.3 Å². The zero-order chi connectivity index (χ0) is 21.0. The molecule has 0 saturated carbocycles. The number of carbonyl (C=O) groups is 2. The molecular formula is C23H24N2O2S2. The number of carbonyl (C=O) groups excluding carboxylic acids is 2. The first-order valence-electron chi connectivity index (χ1n) is 9.53. The number of rotatable bonds is 6. The zero-order valence-corrected chi connectivity index (χ0v) is 18.5. The van der Waals surface area contributed by atoms with Crippen LogP contribution in [0.1, 0.15) is 35.1 Å². The van der Waals surface area contributed by atoms with Gasteiger partial charge in [-0.1, -0.05) is 65.9 Å². The predicted molar refractivity (Wildman–Crippen MR) is 125 cm³/mol. The summed E-state index contributed by atoms with van der Waals surface area (Å²) >= 11 is 6.69. The third kappa shape index (κ3) is 5.34. The monoisotopic (exact) mass is 424 g/mol. The summed E-state index contributed by atoms with van der Waals surface area (Å²) in [6.07, 6.45) is 2.76.